The van der Waals surface area contributed by atoms with E-state index < -0.39 is 0 Å². The minimum atomic E-state index is -0.134. The lowest BCUT2D eigenvalue weighted by molar-refractivity contribution is 0.481. The van der Waals surface area contributed by atoms with E-state index in [0.29, 0.717) is 0 Å². The highest BCUT2D eigenvalue weighted by atomic mass is 16.5. The summed E-state index contributed by atoms with van der Waals surface area (Å²) < 4.78 is 17.6. The van der Waals surface area contributed by atoms with E-state index in [4.69, 9.17) is 14.2 Å². The van der Waals surface area contributed by atoms with Crippen LogP contribution in [0, 0.1) is 90.0 Å². The van der Waals surface area contributed by atoms with E-state index in [2.05, 4.69) is 292 Å². The summed E-state index contributed by atoms with van der Waals surface area (Å²) in [5.41, 5.74) is 24.6. The zero-order valence-electron chi connectivity index (χ0n) is 57.1. The average Bonchev–Trinajstić information content (AvgIpc) is 1.00. The zero-order chi connectivity index (χ0) is 66.0. The first-order valence-electron chi connectivity index (χ1n) is 32.0. The number of aryl methyl sites for hydroxylation is 13. The summed E-state index contributed by atoms with van der Waals surface area (Å²) in [4.78, 5) is 0. The van der Waals surface area contributed by atoms with E-state index in [-0.39, 0.29) is 5.41 Å². The third-order valence-electron chi connectivity index (χ3n) is 15.9. The molecule has 0 saturated heterocycles. The average molecular weight is 1210 g/mol. The minimum Gasteiger partial charge on any atom is -0.457 e. The van der Waals surface area contributed by atoms with Crippen LogP contribution in [0.2, 0.25) is 0 Å². The maximum Gasteiger partial charge on any atom is 0.127 e. The molecule has 0 fully saturated rings. The van der Waals surface area contributed by atoms with Gasteiger partial charge in [-0.2, -0.15) is 0 Å². The molecule has 92 heavy (non-hydrogen) atoms. The highest BCUT2D eigenvalue weighted by molar-refractivity contribution is 5.64. The number of rotatable bonds is 11. The number of hydrogen-bond donors (Lipinski definition) is 0. The van der Waals surface area contributed by atoms with Crippen LogP contribution in [0.15, 0.2) is 285 Å². The van der Waals surface area contributed by atoms with Crippen molar-refractivity contribution in [3.05, 3.63) is 380 Å². The fraction of sp³-hybridized carbons (Fsp3) is 0.191. The lowest BCUT2D eigenvalue weighted by Gasteiger charge is -2.26. The molecule has 468 valence electrons. The summed E-state index contributed by atoms with van der Waals surface area (Å²) in [6.45, 7) is 31.8. The molecule has 3 nitrogen and oxygen atoms in total. The van der Waals surface area contributed by atoms with Crippen LogP contribution in [-0.4, -0.2) is 0 Å². The van der Waals surface area contributed by atoms with Gasteiger partial charge in [-0.15, -0.1) is 0 Å². The van der Waals surface area contributed by atoms with Crippen LogP contribution in [0.4, 0.5) is 0 Å². The summed E-state index contributed by atoms with van der Waals surface area (Å²) in [7, 11) is 0. The Kier molecular flexibility index (Phi) is 26.3. The topological polar surface area (TPSA) is 27.7 Å². The summed E-state index contributed by atoms with van der Waals surface area (Å²) in [5, 5.41) is 0. The number of ether oxygens (including phenoxy) is 3. The van der Waals surface area contributed by atoms with Crippen molar-refractivity contribution < 1.29 is 14.2 Å². The Balaban J connectivity index is 0.000000168. The van der Waals surface area contributed by atoms with Gasteiger partial charge in [-0.1, -0.05) is 287 Å². The predicted octanol–water partition coefficient (Wildman–Crippen LogP) is 25.1. The minimum absolute atomic E-state index is 0.134. The first kappa shape index (κ1) is 69.5. The molecule has 0 N–H and O–H groups in total. The molecule has 0 radical (unpaired) electrons. The van der Waals surface area contributed by atoms with Gasteiger partial charge in [0.05, 0.1) is 0 Å². The lowest BCUT2D eigenvalue weighted by Crippen LogP contribution is -2.18. The highest BCUT2D eigenvalue weighted by Gasteiger charge is 2.23. The lowest BCUT2D eigenvalue weighted by atomic mass is 9.78. The van der Waals surface area contributed by atoms with Gasteiger partial charge < -0.3 is 14.2 Å². The van der Waals surface area contributed by atoms with Crippen LogP contribution in [0.25, 0.3) is 11.1 Å². The monoisotopic (exact) mass is 1210 g/mol. The summed E-state index contributed by atoms with van der Waals surface area (Å²) in [6, 6.07) is 98.7. The van der Waals surface area contributed by atoms with E-state index in [9.17, 15) is 0 Å². The molecular weight excluding hydrogens is 1120 g/mol. The Labute approximate surface area is 552 Å². The molecule has 12 aromatic rings. The number of benzene rings is 12. The molecule has 0 aliphatic carbocycles. The third-order valence-corrected chi connectivity index (χ3v) is 15.9. The van der Waals surface area contributed by atoms with Crippen molar-refractivity contribution in [2.75, 3.05) is 0 Å². The molecular formula is C89H94O3. The van der Waals surface area contributed by atoms with E-state index >= 15 is 0 Å². The van der Waals surface area contributed by atoms with Gasteiger partial charge in [0.15, 0.2) is 0 Å². The molecule has 0 aromatic heterocycles. The van der Waals surface area contributed by atoms with Gasteiger partial charge in [-0.05, 0) is 214 Å². The maximum absolute atomic E-state index is 5.97. The molecule has 0 aliphatic heterocycles. The second-order valence-corrected chi connectivity index (χ2v) is 24.9. The largest absolute Gasteiger partial charge is 0.457 e. The predicted molar refractivity (Wildman–Crippen MR) is 393 cm³/mol. The molecule has 0 heterocycles. The molecule has 0 saturated carbocycles. The van der Waals surface area contributed by atoms with Gasteiger partial charge in [0, 0.05) is 5.41 Å². The molecule has 0 spiro atoms. The van der Waals surface area contributed by atoms with Gasteiger partial charge >= 0.3 is 0 Å². The van der Waals surface area contributed by atoms with Gasteiger partial charge in [0.1, 0.15) is 34.5 Å². The fourth-order valence-corrected chi connectivity index (χ4v) is 9.55. The van der Waals surface area contributed by atoms with Gasteiger partial charge in [0.2, 0.25) is 0 Å². The van der Waals surface area contributed by atoms with Gasteiger partial charge in [0.25, 0.3) is 0 Å². The smallest absolute Gasteiger partial charge is 0.127 e. The Morgan fingerprint density at radius 2 is 0.402 bits per heavy atom. The van der Waals surface area contributed by atoms with Crippen molar-refractivity contribution >= 4 is 0 Å². The van der Waals surface area contributed by atoms with Crippen LogP contribution in [0.3, 0.4) is 0 Å². The Hall–Kier alpha value is -9.96. The summed E-state index contributed by atoms with van der Waals surface area (Å²) >= 11 is 0. The Morgan fingerprint density at radius 3 is 0.630 bits per heavy atom. The zero-order valence-corrected chi connectivity index (χ0v) is 57.1. The molecule has 3 heteroatoms. The Morgan fingerprint density at radius 1 is 0.207 bits per heavy atom. The molecule has 0 amide bonds. The van der Waals surface area contributed by atoms with Crippen molar-refractivity contribution in [2.24, 2.45) is 0 Å². The second kappa shape index (κ2) is 34.9. The standard InChI is InChI=1S/C29H28O2.C15H16.C14H14O.C14H14.C9H12.C8H10/c1-21-5-13-25(14-6-21)30-27-17-9-23(10-18-27)29(3,4)24-11-19-28(20-12-24)31-26-15-7-22(2)8-16-26;1-12-3-7-14(8-4-12)11-15-9-5-13(2)6-10-15;1-11-3-7-13(8-4-11)15-14-9-5-12(2)6-10-14;1-11-3-7-13(8-4-11)14-9-5-12(2)6-10-14;1-7-4-5-8(2)9(3)6-7;1-7-3-5-8(2)6-4-7/h5-20H,1-4H3;3-10H,11H2,1-2H3;3-10H,1-2H3;3-10H,1-2H3;4-6H,1-3H3;3-6H,1-2H3. The van der Waals surface area contributed by atoms with E-state index in [0.717, 1.165) is 40.9 Å². The molecule has 0 unspecified atom stereocenters. The molecule has 0 aliphatic rings. The maximum atomic E-state index is 5.97. The molecule has 0 bridgehead atoms. The second-order valence-electron chi connectivity index (χ2n) is 24.9. The van der Waals surface area contributed by atoms with E-state index in [1.807, 2.05) is 97.1 Å². The normalized spacial score (nSPS) is 10.4. The quantitative estimate of drug-likeness (QED) is 0.129. The van der Waals surface area contributed by atoms with Crippen molar-refractivity contribution in [3.8, 4) is 45.6 Å². The fourth-order valence-electron chi connectivity index (χ4n) is 9.55. The summed E-state index contributed by atoms with van der Waals surface area (Å²) in [5.74, 6) is 5.13. The van der Waals surface area contributed by atoms with Gasteiger partial charge in [-0.3, -0.25) is 0 Å². The van der Waals surface area contributed by atoms with Crippen molar-refractivity contribution in [1.29, 1.82) is 0 Å². The highest BCUT2D eigenvalue weighted by Crippen LogP contribution is 2.35. The van der Waals surface area contributed by atoms with Crippen LogP contribution in [0.5, 0.6) is 34.5 Å². The van der Waals surface area contributed by atoms with Crippen LogP contribution < -0.4 is 14.2 Å². The first-order chi connectivity index (χ1) is 44.1. The van der Waals surface area contributed by atoms with Crippen LogP contribution in [-0.2, 0) is 11.8 Å². The van der Waals surface area contributed by atoms with E-state index in [1.54, 1.807) is 0 Å². The molecule has 12 rings (SSSR count). The van der Waals surface area contributed by atoms with Gasteiger partial charge in [-0.25, -0.2) is 0 Å². The van der Waals surface area contributed by atoms with Crippen LogP contribution >= 0.6 is 0 Å². The number of hydrogen-bond acceptors (Lipinski definition) is 3. The Bertz CT molecular complexity index is 3730. The van der Waals surface area contributed by atoms with Crippen LogP contribution in [0.1, 0.15) is 108 Å². The summed E-state index contributed by atoms with van der Waals surface area (Å²) in [6.07, 6.45) is 1.03. The SMILES string of the molecule is Cc1ccc(-c2ccc(C)cc2)cc1.Cc1ccc(C)c(C)c1.Cc1ccc(C)cc1.Cc1ccc(Cc2ccc(C)cc2)cc1.Cc1ccc(Oc2ccc(C(C)(C)c3ccc(Oc4ccc(C)cc4)cc3)cc2)cc1.Cc1ccc(Oc2ccc(C)cc2)cc1. The van der Waals surface area contributed by atoms with Crippen molar-refractivity contribution in [3.63, 3.8) is 0 Å². The molecule has 12 aromatic carbocycles. The molecule has 0 atom stereocenters. The third kappa shape index (κ3) is 23.8. The first-order valence-corrected chi connectivity index (χ1v) is 32.0. The van der Waals surface area contributed by atoms with Crippen molar-refractivity contribution in [1.82, 2.24) is 0 Å². The van der Waals surface area contributed by atoms with E-state index in [1.165, 1.54) is 106 Å². The van der Waals surface area contributed by atoms with Crippen molar-refractivity contribution in [2.45, 2.75) is 116 Å².